The van der Waals surface area contributed by atoms with Crippen LogP contribution in [0.25, 0.3) is 0 Å². The number of nitrogens with one attached hydrogen (secondary N) is 1. The first kappa shape index (κ1) is 18.3. The van der Waals surface area contributed by atoms with Crippen molar-refractivity contribution in [1.82, 2.24) is 10.2 Å². The summed E-state index contributed by atoms with van der Waals surface area (Å²) in [7, 11) is 0. The zero-order chi connectivity index (χ0) is 19.1. The van der Waals surface area contributed by atoms with E-state index in [1.165, 1.54) is 0 Å². The van der Waals surface area contributed by atoms with Gasteiger partial charge in [0.15, 0.2) is 10.2 Å². The second-order valence-electron chi connectivity index (χ2n) is 6.00. The number of nitrogens with two attached hydrogens (primary N) is 1. The van der Waals surface area contributed by atoms with Gasteiger partial charge in [0.25, 0.3) is 0 Å². The van der Waals surface area contributed by atoms with Gasteiger partial charge in [0.05, 0.1) is 6.04 Å². The van der Waals surface area contributed by atoms with E-state index in [4.69, 9.17) is 58.4 Å². The van der Waals surface area contributed by atoms with Gasteiger partial charge in [0.1, 0.15) is 17.7 Å². The maximum Gasteiger partial charge on any atom is 0.195 e. The molecule has 5 nitrogen and oxygen atoms in total. The molecule has 4 rings (SSSR count). The summed E-state index contributed by atoms with van der Waals surface area (Å²) in [5.74, 6) is 1.22. The van der Waals surface area contributed by atoms with E-state index in [-0.39, 0.29) is 17.2 Å². The number of rotatable bonds is 2. The monoisotopic (exact) mass is 433 g/mol. The third kappa shape index (κ3) is 3.32. The Balaban J connectivity index is 1.85. The molecule has 2 aliphatic heterocycles. The molecule has 0 aromatic heterocycles. The van der Waals surface area contributed by atoms with Crippen molar-refractivity contribution in [1.29, 1.82) is 0 Å². The molecule has 2 unspecified atom stereocenters. The molecule has 2 aliphatic rings. The molecule has 0 saturated heterocycles. The van der Waals surface area contributed by atoms with Crippen LogP contribution in [0.2, 0.25) is 10.0 Å². The van der Waals surface area contributed by atoms with Crippen molar-refractivity contribution in [3.05, 3.63) is 69.7 Å². The van der Waals surface area contributed by atoms with Crippen LogP contribution in [0, 0.1) is 0 Å². The Kier molecular flexibility index (Phi) is 4.86. The number of thiocarbonyl (C=S) groups is 2. The fourth-order valence-corrected chi connectivity index (χ4v) is 4.11. The third-order valence-corrected chi connectivity index (χ3v) is 5.28. The highest BCUT2D eigenvalue weighted by molar-refractivity contribution is 7.80. The summed E-state index contributed by atoms with van der Waals surface area (Å²) in [5, 5.41) is 4.75. The molecule has 0 bridgehead atoms. The fourth-order valence-electron chi connectivity index (χ4n) is 3.19. The largest absolute Gasteiger partial charge is 0.376 e. The van der Waals surface area contributed by atoms with Gasteiger partial charge in [-0.05, 0) is 42.1 Å². The second-order valence-corrected chi connectivity index (χ2v) is 7.65. The van der Waals surface area contributed by atoms with Crippen molar-refractivity contribution >= 4 is 69.5 Å². The van der Waals surface area contributed by atoms with Crippen LogP contribution >= 0.6 is 47.6 Å². The SMILES string of the molecule is NC(=S)N1C(c2ccccc2)=NC2C1=NC(=S)NC2c1ccc(Cl)cc1Cl. The molecule has 2 atom stereocenters. The molecular formula is C18H13Cl2N5S2. The van der Waals surface area contributed by atoms with Gasteiger partial charge in [-0.3, -0.25) is 9.89 Å². The molecule has 0 saturated carbocycles. The lowest BCUT2D eigenvalue weighted by atomic mass is 9.98. The molecule has 27 heavy (non-hydrogen) atoms. The summed E-state index contributed by atoms with van der Waals surface area (Å²) in [6, 6.07) is 14.3. The van der Waals surface area contributed by atoms with E-state index in [0.717, 1.165) is 11.1 Å². The van der Waals surface area contributed by atoms with Crippen LogP contribution in [0.4, 0.5) is 0 Å². The molecule has 9 heteroatoms. The number of hydrogen-bond donors (Lipinski definition) is 2. The van der Waals surface area contributed by atoms with Crippen molar-refractivity contribution in [3.8, 4) is 0 Å². The van der Waals surface area contributed by atoms with Gasteiger partial charge in [-0.15, -0.1) is 0 Å². The quantitative estimate of drug-likeness (QED) is 0.706. The topological polar surface area (TPSA) is 66.0 Å². The minimum Gasteiger partial charge on any atom is -0.376 e. The summed E-state index contributed by atoms with van der Waals surface area (Å²) >= 11 is 23.1. The first-order valence-corrected chi connectivity index (χ1v) is 9.60. The van der Waals surface area contributed by atoms with E-state index in [9.17, 15) is 0 Å². The minimum atomic E-state index is -0.382. The lowest BCUT2D eigenvalue weighted by molar-refractivity contribution is 0.587. The Hall–Kier alpha value is -2.06. The normalized spacial score (nSPS) is 21.3. The van der Waals surface area contributed by atoms with Crippen LogP contribution in [0.1, 0.15) is 17.2 Å². The number of hydrogen-bond acceptors (Lipinski definition) is 3. The van der Waals surface area contributed by atoms with Gasteiger partial charge in [-0.1, -0.05) is 59.6 Å². The lowest BCUT2D eigenvalue weighted by Crippen LogP contribution is -2.50. The zero-order valence-electron chi connectivity index (χ0n) is 13.8. The first-order chi connectivity index (χ1) is 13.0. The van der Waals surface area contributed by atoms with Gasteiger partial charge in [-0.2, -0.15) is 0 Å². The average molecular weight is 434 g/mol. The number of benzene rings is 2. The highest BCUT2D eigenvalue weighted by Gasteiger charge is 2.43. The predicted molar refractivity (Wildman–Crippen MR) is 118 cm³/mol. The van der Waals surface area contributed by atoms with E-state index in [2.05, 4.69) is 10.3 Å². The first-order valence-electron chi connectivity index (χ1n) is 8.02. The van der Waals surface area contributed by atoms with Crippen LogP contribution < -0.4 is 11.1 Å². The average Bonchev–Trinajstić information content (AvgIpc) is 3.01. The van der Waals surface area contributed by atoms with Crippen LogP contribution in [-0.4, -0.2) is 32.8 Å². The van der Waals surface area contributed by atoms with Crippen molar-refractivity contribution in [3.63, 3.8) is 0 Å². The zero-order valence-corrected chi connectivity index (χ0v) is 16.9. The predicted octanol–water partition coefficient (Wildman–Crippen LogP) is 3.70. The molecule has 3 N–H and O–H groups in total. The fraction of sp³-hybridized carbons (Fsp3) is 0.111. The molecule has 2 aromatic rings. The molecule has 2 aromatic carbocycles. The van der Waals surface area contributed by atoms with Crippen molar-refractivity contribution in [2.24, 2.45) is 15.7 Å². The highest BCUT2D eigenvalue weighted by atomic mass is 35.5. The Morgan fingerprint density at radius 3 is 2.56 bits per heavy atom. The maximum atomic E-state index is 6.43. The Morgan fingerprint density at radius 2 is 1.89 bits per heavy atom. The van der Waals surface area contributed by atoms with Crippen molar-refractivity contribution in [2.75, 3.05) is 0 Å². The standard InChI is InChI=1S/C18H13Cl2N5S2/c19-10-6-7-11(12(20)8-10)13-14-16(24-18(27)23-13)25(17(21)26)15(22-14)9-4-2-1-3-5-9/h1-8,13-14H,(H2,21,26)(H,23,27). The summed E-state index contributed by atoms with van der Waals surface area (Å²) in [4.78, 5) is 11.0. The Bertz CT molecular complexity index is 1010. The number of amidine groups is 2. The minimum absolute atomic E-state index is 0.157. The van der Waals surface area contributed by atoms with E-state index in [1.807, 2.05) is 36.4 Å². The van der Waals surface area contributed by atoms with Crippen LogP contribution in [0.3, 0.4) is 0 Å². The van der Waals surface area contributed by atoms with E-state index >= 15 is 0 Å². The molecule has 0 aliphatic carbocycles. The van der Waals surface area contributed by atoms with Gasteiger partial charge >= 0.3 is 0 Å². The van der Waals surface area contributed by atoms with Gasteiger partial charge in [-0.25, -0.2) is 4.99 Å². The number of aliphatic imine (C=N–C) groups is 2. The van der Waals surface area contributed by atoms with Gasteiger partial charge in [0.2, 0.25) is 0 Å². The van der Waals surface area contributed by atoms with E-state index in [1.54, 1.807) is 17.0 Å². The molecule has 0 amide bonds. The second kappa shape index (κ2) is 7.16. The van der Waals surface area contributed by atoms with E-state index in [0.29, 0.717) is 26.8 Å². The third-order valence-electron chi connectivity index (χ3n) is 4.33. The molecular weight excluding hydrogens is 421 g/mol. The summed E-state index contributed by atoms with van der Waals surface area (Å²) < 4.78 is 0. The van der Waals surface area contributed by atoms with Crippen LogP contribution in [0.5, 0.6) is 0 Å². The lowest BCUT2D eigenvalue weighted by Gasteiger charge is -2.30. The molecule has 0 fully saturated rings. The maximum absolute atomic E-state index is 6.43. The molecule has 2 heterocycles. The smallest absolute Gasteiger partial charge is 0.195 e. The highest BCUT2D eigenvalue weighted by Crippen LogP contribution is 2.35. The van der Waals surface area contributed by atoms with Crippen LogP contribution in [0.15, 0.2) is 58.5 Å². The van der Waals surface area contributed by atoms with Crippen molar-refractivity contribution in [2.45, 2.75) is 12.1 Å². The molecule has 136 valence electrons. The summed E-state index contributed by atoms with van der Waals surface area (Å²) in [5.41, 5.74) is 7.70. The van der Waals surface area contributed by atoms with Gasteiger partial charge in [0, 0.05) is 15.6 Å². The number of nitrogens with zero attached hydrogens (tertiary/aromatic N) is 3. The Labute approximate surface area is 176 Å². The molecule has 0 spiro atoms. The molecule has 0 radical (unpaired) electrons. The van der Waals surface area contributed by atoms with Gasteiger partial charge < -0.3 is 11.1 Å². The van der Waals surface area contributed by atoms with Crippen molar-refractivity contribution < 1.29 is 0 Å². The summed E-state index contributed by atoms with van der Waals surface area (Å²) in [6.07, 6.45) is 0. The number of fused-ring (bicyclic) bond motifs is 1. The Morgan fingerprint density at radius 1 is 1.15 bits per heavy atom. The van der Waals surface area contributed by atoms with E-state index < -0.39 is 0 Å². The summed E-state index contributed by atoms with van der Waals surface area (Å²) in [6.45, 7) is 0. The van der Waals surface area contributed by atoms with Crippen LogP contribution in [-0.2, 0) is 0 Å². The number of halogens is 2.